The minimum atomic E-state index is -1.36. The summed E-state index contributed by atoms with van der Waals surface area (Å²) in [6.45, 7) is -0.292. The van der Waals surface area contributed by atoms with E-state index in [2.05, 4.69) is 9.47 Å². The molecule has 1 aromatic rings. The number of carboxylic acids is 1. The zero-order chi connectivity index (χ0) is 11.4. The summed E-state index contributed by atoms with van der Waals surface area (Å²) >= 11 is 0. The third kappa shape index (κ3) is 2.63. The maximum absolute atomic E-state index is 13.0. The lowest BCUT2D eigenvalue weighted by Gasteiger charge is -2.07. The number of carbonyl (C=O) groups is 1. The van der Waals surface area contributed by atoms with Crippen molar-refractivity contribution in [2.45, 2.75) is 0 Å². The molecule has 0 aliphatic heterocycles. The summed E-state index contributed by atoms with van der Waals surface area (Å²) < 4.78 is 35.0. The van der Waals surface area contributed by atoms with Gasteiger partial charge in [-0.3, -0.25) is 0 Å². The lowest BCUT2D eigenvalue weighted by Crippen LogP contribution is -2.05. The standard InChI is InChI=1S/C9H8F2O4/c1-14-4-15-7-3-5(9(12)13)2-6(10)8(7)11/h2-3H,4H2,1H3,(H,12,13). The summed E-state index contributed by atoms with van der Waals surface area (Å²) in [6.07, 6.45) is 0. The van der Waals surface area contributed by atoms with E-state index in [1.165, 1.54) is 7.11 Å². The van der Waals surface area contributed by atoms with Gasteiger partial charge in [-0.15, -0.1) is 0 Å². The second kappa shape index (κ2) is 4.70. The summed E-state index contributed by atoms with van der Waals surface area (Å²) in [7, 11) is 1.30. The molecule has 0 fully saturated rings. The normalized spacial score (nSPS) is 10.1. The average molecular weight is 218 g/mol. The van der Waals surface area contributed by atoms with Gasteiger partial charge in [0.2, 0.25) is 5.82 Å². The van der Waals surface area contributed by atoms with Crippen LogP contribution in [-0.2, 0) is 4.74 Å². The molecule has 0 radical (unpaired) electrons. The number of halogens is 2. The molecule has 0 atom stereocenters. The highest BCUT2D eigenvalue weighted by Gasteiger charge is 2.15. The van der Waals surface area contributed by atoms with Crippen LogP contribution < -0.4 is 4.74 Å². The smallest absolute Gasteiger partial charge is 0.335 e. The van der Waals surface area contributed by atoms with E-state index < -0.39 is 23.4 Å². The first-order valence-corrected chi connectivity index (χ1v) is 3.90. The second-order valence-corrected chi connectivity index (χ2v) is 2.63. The molecule has 82 valence electrons. The van der Waals surface area contributed by atoms with Crippen LogP contribution >= 0.6 is 0 Å². The van der Waals surface area contributed by atoms with Crippen molar-refractivity contribution in [3.8, 4) is 5.75 Å². The van der Waals surface area contributed by atoms with E-state index >= 15 is 0 Å². The van der Waals surface area contributed by atoms with E-state index in [1.807, 2.05) is 0 Å². The third-order valence-corrected chi connectivity index (χ3v) is 1.57. The highest BCUT2D eigenvalue weighted by molar-refractivity contribution is 5.88. The van der Waals surface area contributed by atoms with Gasteiger partial charge < -0.3 is 14.6 Å². The van der Waals surface area contributed by atoms with Gasteiger partial charge in [0, 0.05) is 7.11 Å². The van der Waals surface area contributed by atoms with Crippen LogP contribution in [0.5, 0.6) is 5.75 Å². The summed E-state index contributed by atoms with van der Waals surface area (Å²) in [5, 5.41) is 8.57. The van der Waals surface area contributed by atoms with E-state index in [1.54, 1.807) is 0 Å². The molecule has 0 saturated heterocycles. The van der Waals surface area contributed by atoms with Gasteiger partial charge in [-0.05, 0) is 12.1 Å². The number of rotatable bonds is 4. The summed E-state index contributed by atoms with van der Waals surface area (Å²) in [5.74, 6) is -4.37. The van der Waals surface area contributed by atoms with Gasteiger partial charge in [0.05, 0.1) is 5.56 Å². The highest BCUT2D eigenvalue weighted by Crippen LogP contribution is 2.22. The maximum atomic E-state index is 13.0. The van der Waals surface area contributed by atoms with Gasteiger partial charge in [-0.2, -0.15) is 4.39 Å². The first kappa shape index (κ1) is 11.4. The number of carboxylic acid groups (broad SMARTS) is 1. The second-order valence-electron chi connectivity index (χ2n) is 2.63. The summed E-state index contributed by atoms with van der Waals surface area (Å²) in [4.78, 5) is 10.5. The fourth-order valence-electron chi connectivity index (χ4n) is 0.915. The molecular formula is C9H8F2O4. The first-order chi connectivity index (χ1) is 7.06. The molecule has 1 rings (SSSR count). The largest absolute Gasteiger partial charge is 0.478 e. The lowest BCUT2D eigenvalue weighted by atomic mass is 10.2. The van der Waals surface area contributed by atoms with Crippen molar-refractivity contribution >= 4 is 5.97 Å². The van der Waals surface area contributed by atoms with Gasteiger partial charge in [0.25, 0.3) is 0 Å². The fourth-order valence-corrected chi connectivity index (χ4v) is 0.915. The van der Waals surface area contributed by atoms with Crippen LogP contribution in [0.4, 0.5) is 8.78 Å². The molecule has 15 heavy (non-hydrogen) atoms. The molecule has 0 aliphatic rings. The van der Waals surface area contributed by atoms with E-state index in [9.17, 15) is 13.6 Å². The van der Waals surface area contributed by atoms with E-state index in [0.29, 0.717) is 6.07 Å². The van der Waals surface area contributed by atoms with Crippen LogP contribution in [0, 0.1) is 11.6 Å². The lowest BCUT2D eigenvalue weighted by molar-refractivity contribution is 0.0474. The maximum Gasteiger partial charge on any atom is 0.335 e. The Labute approximate surface area is 84.0 Å². The van der Waals surface area contributed by atoms with Crippen LogP contribution in [0.15, 0.2) is 12.1 Å². The van der Waals surface area contributed by atoms with Crippen LogP contribution in [0.25, 0.3) is 0 Å². The van der Waals surface area contributed by atoms with Crippen molar-refractivity contribution in [2.24, 2.45) is 0 Å². The van der Waals surface area contributed by atoms with Crippen molar-refractivity contribution < 1.29 is 28.2 Å². The topological polar surface area (TPSA) is 55.8 Å². The molecule has 0 amide bonds. The Morgan fingerprint density at radius 1 is 1.47 bits per heavy atom. The van der Waals surface area contributed by atoms with Crippen molar-refractivity contribution in [1.82, 2.24) is 0 Å². The van der Waals surface area contributed by atoms with E-state index in [-0.39, 0.29) is 12.4 Å². The Balaban J connectivity index is 3.07. The molecule has 0 spiro atoms. The van der Waals surface area contributed by atoms with Gasteiger partial charge in [-0.25, -0.2) is 9.18 Å². The van der Waals surface area contributed by atoms with Crippen LogP contribution in [-0.4, -0.2) is 25.0 Å². The quantitative estimate of drug-likeness (QED) is 0.780. The first-order valence-electron chi connectivity index (χ1n) is 3.90. The molecular weight excluding hydrogens is 210 g/mol. The van der Waals surface area contributed by atoms with Gasteiger partial charge >= 0.3 is 5.97 Å². The Morgan fingerprint density at radius 3 is 2.67 bits per heavy atom. The highest BCUT2D eigenvalue weighted by atomic mass is 19.2. The molecule has 1 aromatic carbocycles. The zero-order valence-electron chi connectivity index (χ0n) is 7.79. The number of ether oxygens (including phenoxy) is 2. The minimum absolute atomic E-state index is 0.292. The number of aromatic carboxylic acids is 1. The molecule has 0 aliphatic carbocycles. The Bertz CT molecular complexity index is 379. The summed E-state index contributed by atoms with van der Waals surface area (Å²) in [5.41, 5.74) is -0.389. The van der Waals surface area contributed by atoms with Gasteiger partial charge in [0.1, 0.15) is 0 Å². The molecule has 0 aromatic heterocycles. The fraction of sp³-hybridized carbons (Fsp3) is 0.222. The third-order valence-electron chi connectivity index (χ3n) is 1.57. The van der Waals surface area contributed by atoms with Crippen molar-refractivity contribution in [3.05, 3.63) is 29.3 Å². The molecule has 1 N–H and O–H groups in total. The van der Waals surface area contributed by atoms with Crippen LogP contribution in [0.1, 0.15) is 10.4 Å². The van der Waals surface area contributed by atoms with Gasteiger partial charge in [0.15, 0.2) is 18.4 Å². The molecule has 0 bridgehead atoms. The SMILES string of the molecule is COCOc1cc(C(=O)O)cc(F)c1F. The Morgan fingerprint density at radius 2 is 2.13 bits per heavy atom. The molecule has 4 nitrogen and oxygen atoms in total. The Kier molecular flexibility index (Phi) is 3.56. The van der Waals surface area contributed by atoms with E-state index in [4.69, 9.17) is 5.11 Å². The van der Waals surface area contributed by atoms with Gasteiger partial charge in [-0.1, -0.05) is 0 Å². The predicted molar refractivity (Wildman–Crippen MR) is 45.8 cm³/mol. The van der Waals surface area contributed by atoms with Crippen molar-refractivity contribution in [3.63, 3.8) is 0 Å². The van der Waals surface area contributed by atoms with Crippen LogP contribution in [0.2, 0.25) is 0 Å². The number of methoxy groups -OCH3 is 1. The van der Waals surface area contributed by atoms with Crippen molar-refractivity contribution in [1.29, 1.82) is 0 Å². The van der Waals surface area contributed by atoms with Crippen molar-refractivity contribution in [2.75, 3.05) is 13.9 Å². The monoisotopic (exact) mass is 218 g/mol. The minimum Gasteiger partial charge on any atom is -0.478 e. The van der Waals surface area contributed by atoms with E-state index in [0.717, 1.165) is 6.07 Å². The average Bonchev–Trinajstić information content (AvgIpc) is 2.19. The Hall–Kier alpha value is -1.69. The van der Waals surface area contributed by atoms with Crippen LogP contribution in [0.3, 0.4) is 0 Å². The number of benzene rings is 1. The molecule has 0 unspecified atom stereocenters. The number of hydrogen-bond donors (Lipinski definition) is 1. The zero-order valence-corrected chi connectivity index (χ0v) is 7.79. The predicted octanol–water partition coefficient (Wildman–Crippen LogP) is 1.65. The molecule has 0 heterocycles. The summed E-state index contributed by atoms with van der Waals surface area (Å²) in [6, 6.07) is 1.47. The molecule has 0 saturated carbocycles. The molecule has 6 heteroatoms. The number of hydrogen-bond acceptors (Lipinski definition) is 3.